The van der Waals surface area contributed by atoms with E-state index in [0.29, 0.717) is 5.02 Å². The summed E-state index contributed by atoms with van der Waals surface area (Å²) in [7, 11) is 0. The zero-order chi connectivity index (χ0) is 20.0. The van der Waals surface area contributed by atoms with Crippen LogP contribution in [0.25, 0.3) is 0 Å². The number of nitrogens with two attached hydrogens (primary N) is 1. The number of anilines is 2. The fraction of sp³-hybridized carbons (Fsp3) is 0. The molecule has 0 fully saturated rings. The maximum atomic E-state index is 13.1. The summed E-state index contributed by atoms with van der Waals surface area (Å²) in [5.74, 6) is -1.27. The van der Waals surface area contributed by atoms with E-state index in [1.54, 1.807) is 24.3 Å². The molecule has 0 spiro atoms. The molecule has 0 aromatic heterocycles. The molecule has 3 N–H and O–H groups in total. The van der Waals surface area contributed by atoms with Crippen molar-refractivity contribution in [3.8, 4) is 0 Å². The molecule has 1 aliphatic rings. The number of benzene rings is 3. The molecule has 3 aromatic carbocycles. The Kier molecular flexibility index (Phi) is 4.41. The predicted molar refractivity (Wildman–Crippen MR) is 109 cm³/mol. The highest BCUT2D eigenvalue weighted by atomic mass is 35.5. The topological polar surface area (TPSA) is 89.3 Å². The molecule has 0 bridgehead atoms. The molecule has 0 aliphatic heterocycles. The standard InChI is InChI=1S/C21H12Cl2N2O3/c22-10-5-6-13(14(23)9-10)21(28)25-16-8-7-15(24)17-18(16)20(27)12-4-2-1-3-11(12)19(17)26/h1-9H,24H2,(H,25,28). The Morgan fingerprint density at radius 2 is 1.50 bits per heavy atom. The van der Waals surface area contributed by atoms with E-state index in [4.69, 9.17) is 28.9 Å². The summed E-state index contributed by atoms with van der Waals surface area (Å²) in [6.07, 6.45) is 0. The van der Waals surface area contributed by atoms with E-state index in [2.05, 4.69) is 5.32 Å². The molecule has 0 radical (unpaired) electrons. The third-order valence-corrected chi connectivity index (χ3v) is 5.08. The highest BCUT2D eigenvalue weighted by Gasteiger charge is 2.33. The summed E-state index contributed by atoms with van der Waals surface area (Å²) >= 11 is 12.0. The number of fused-ring (bicyclic) bond motifs is 2. The highest BCUT2D eigenvalue weighted by Crippen LogP contribution is 2.35. The van der Waals surface area contributed by atoms with Crippen LogP contribution in [0, 0.1) is 0 Å². The summed E-state index contributed by atoms with van der Waals surface area (Å²) in [6, 6.07) is 13.9. The van der Waals surface area contributed by atoms with Crippen molar-refractivity contribution < 1.29 is 14.4 Å². The lowest BCUT2D eigenvalue weighted by molar-refractivity contribution is 0.0979. The summed E-state index contributed by atoms with van der Waals surface area (Å²) in [4.78, 5) is 38.6. The Labute approximate surface area is 170 Å². The monoisotopic (exact) mass is 410 g/mol. The first kappa shape index (κ1) is 18.2. The van der Waals surface area contributed by atoms with Crippen LogP contribution in [-0.4, -0.2) is 17.5 Å². The SMILES string of the molecule is Nc1ccc(NC(=O)c2ccc(Cl)cc2Cl)c2c1C(=O)c1ccccc1C2=O. The minimum absolute atomic E-state index is 0.0714. The van der Waals surface area contributed by atoms with Crippen LogP contribution in [-0.2, 0) is 0 Å². The minimum Gasteiger partial charge on any atom is -0.398 e. The van der Waals surface area contributed by atoms with Gasteiger partial charge in [-0.25, -0.2) is 0 Å². The lowest BCUT2D eigenvalue weighted by Gasteiger charge is -2.22. The predicted octanol–water partition coefficient (Wildman–Crippen LogP) is 4.60. The van der Waals surface area contributed by atoms with Gasteiger partial charge >= 0.3 is 0 Å². The number of nitrogen functional groups attached to an aromatic ring is 1. The first-order chi connectivity index (χ1) is 13.4. The molecule has 7 heteroatoms. The lowest BCUT2D eigenvalue weighted by atomic mass is 9.82. The average Bonchev–Trinajstić information content (AvgIpc) is 2.67. The van der Waals surface area contributed by atoms with E-state index < -0.39 is 5.91 Å². The second kappa shape index (κ2) is 6.78. The minimum atomic E-state index is -0.534. The van der Waals surface area contributed by atoms with Crippen LogP contribution in [0.15, 0.2) is 54.6 Å². The van der Waals surface area contributed by atoms with Gasteiger partial charge in [0.25, 0.3) is 5.91 Å². The van der Waals surface area contributed by atoms with Gasteiger partial charge in [0, 0.05) is 21.8 Å². The van der Waals surface area contributed by atoms with E-state index >= 15 is 0 Å². The summed E-state index contributed by atoms with van der Waals surface area (Å²) in [6.45, 7) is 0. The number of halogens is 2. The molecule has 0 unspecified atom stereocenters. The second-order valence-electron chi connectivity index (χ2n) is 6.23. The molecule has 3 aromatic rings. The molecular formula is C21H12Cl2N2O3. The van der Waals surface area contributed by atoms with Gasteiger partial charge in [-0.15, -0.1) is 0 Å². The number of amides is 1. The van der Waals surface area contributed by atoms with Crippen LogP contribution in [0.1, 0.15) is 42.2 Å². The van der Waals surface area contributed by atoms with Gasteiger partial charge in [-0.2, -0.15) is 0 Å². The van der Waals surface area contributed by atoms with Crippen molar-refractivity contribution in [1.29, 1.82) is 0 Å². The first-order valence-electron chi connectivity index (χ1n) is 8.26. The Morgan fingerprint density at radius 3 is 2.14 bits per heavy atom. The van der Waals surface area contributed by atoms with Crippen molar-refractivity contribution in [2.45, 2.75) is 0 Å². The molecule has 0 saturated carbocycles. The van der Waals surface area contributed by atoms with Crippen molar-refractivity contribution in [2.24, 2.45) is 0 Å². The van der Waals surface area contributed by atoms with Crippen LogP contribution >= 0.6 is 23.2 Å². The number of carbonyl (C=O) groups is 3. The van der Waals surface area contributed by atoms with Crippen LogP contribution < -0.4 is 11.1 Å². The van der Waals surface area contributed by atoms with Gasteiger partial charge in [0.2, 0.25) is 0 Å². The quantitative estimate of drug-likeness (QED) is 0.472. The molecule has 138 valence electrons. The summed E-state index contributed by atoms with van der Waals surface area (Å²) in [5.41, 5.74) is 7.24. The largest absolute Gasteiger partial charge is 0.398 e. The van der Waals surface area contributed by atoms with Gasteiger partial charge in [0.15, 0.2) is 11.6 Å². The third-order valence-electron chi connectivity index (χ3n) is 4.53. The molecule has 4 rings (SSSR count). The number of hydrogen-bond acceptors (Lipinski definition) is 4. The van der Waals surface area contributed by atoms with E-state index in [0.717, 1.165) is 0 Å². The van der Waals surface area contributed by atoms with Crippen molar-refractivity contribution in [3.63, 3.8) is 0 Å². The smallest absolute Gasteiger partial charge is 0.257 e. The normalized spacial score (nSPS) is 12.4. The van der Waals surface area contributed by atoms with Gasteiger partial charge in [-0.1, -0.05) is 47.5 Å². The Hall–Kier alpha value is -3.15. The van der Waals surface area contributed by atoms with Crippen LogP contribution in [0.3, 0.4) is 0 Å². The number of nitrogens with one attached hydrogen (secondary N) is 1. The van der Waals surface area contributed by atoms with Crippen LogP contribution in [0.4, 0.5) is 11.4 Å². The molecule has 1 amide bonds. The third kappa shape index (κ3) is 2.85. The van der Waals surface area contributed by atoms with Gasteiger partial charge in [0.05, 0.1) is 27.4 Å². The maximum Gasteiger partial charge on any atom is 0.257 e. The fourth-order valence-electron chi connectivity index (χ4n) is 3.22. The maximum absolute atomic E-state index is 13.1. The van der Waals surface area contributed by atoms with Crippen molar-refractivity contribution in [1.82, 2.24) is 0 Å². The molecule has 1 aliphatic carbocycles. The van der Waals surface area contributed by atoms with Crippen molar-refractivity contribution in [2.75, 3.05) is 11.1 Å². The van der Waals surface area contributed by atoms with Crippen molar-refractivity contribution in [3.05, 3.63) is 92.5 Å². The van der Waals surface area contributed by atoms with Gasteiger partial charge < -0.3 is 11.1 Å². The second-order valence-corrected chi connectivity index (χ2v) is 7.08. The number of hydrogen-bond donors (Lipinski definition) is 2. The Morgan fingerprint density at radius 1 is 0.857 bits per heavy atom. The molecule has 28 heavy (non-hydrogen) atoms. The van der Waals surface area contributed by atoms with Gasteiger partial charge in [-0.3, -0.25) is 14.4 Å². The van der Waals surface area contributed by atoms with E-state index in [1.165, 1.54) is 30.3 Å². The van der Waals surface area contributed by atoms with Crippen molar-refractivity contribution >= 4 is 52.1 Å². The van der Waals surface area contributed by atoms with Gasteiger partial charge in [-0.05, 0) is 30.3 Å². The summed E-state index contributed by atoms with van der Waals surface area (Å²) < 4.78 is 0. The van der Waals surface area contributed by atoms with E-state index in [-0.39, 0.29) is 55.8 Å². The molecule has 0 heterocycles. The van der Waals surface area contributed by atoms with Crippen LogP contribution in [0.5, 0.6) is 0 Å². The molecule has 0 saturated heterocycles. The Bertz CT molecular complexity index is 1190. The Balaban J connectivity index is 1.81. The van der Waals surface area contributed by atoms with Gasteiger partial charge in [0.1, 0.15) is 0 Å². The van der Waals surface area contributed by atoms with Crippen LogP contribution in [0.2, 0.25) is 10.0 Å². The van der Waals surface area contributed by atoms with E-state index in [1.807, 2.05) is 0 Å². The first-order valence-corrected chi connectivity index (χ1v) is 9.01. The fourth-order valence-corrected chi connectivity index (χ4v) is 3.71. The molecular weight excluding hydrogens is 399 g/mol. The highest BCUT2D eigenvalue weighted by molar-refractivity contribution is 6.37. The molecule has 5 nitrogen and oxygen atoms in total. The number of rotatable bonds is 2. The van der Waals surface area contributed by atoms with E-state index in [9.17, 15) is 14.4 Å². The summed E-state index contributed by atoms with van der Waals surface area (Å²) in [5, 5.41) is 3.22. The number of ketones is 2. The zero-order valence-corrected chi connectivity index (χ0v) is 15.8. The average molecular weight is 411 g/mol. The molecule has 0 atom stereocenters. The lowest BCUT2D eigenvalue weighted by Crippen LogP contribution is -2.25. The zero-order valence-electron chi connectivity index (χ0n) is 14.3. The number of carbonyl (C=O) groups excluding carboxylic acids is 3.